The van der Waals surface area contributed by atoms with Crippen LogP contribution in [0.5, 0.6) is 0 Å². The molecule has 210 valence electrons. The van der Waals surface area contributed by atoms with E-state index in [-0.39, 0.29) is 0 Å². The summed E-state index contributed by atoms with van der Waals surface area (Å²) in [5.41, 5.74) is 14.9. The van der Waals surface area contributed by atoms with Crippen molar-refractivity contribution in [3.63, 3.8) is 0 Å². The van der Waals surface area contributed by atoms with Crippen LogP contribution in [-0.4, -0.2) is 10.3 Å². The first-order chi connectivity index (χ1) is 21.7. The molecule has 0 saturated carbocycles. The van der Waals surface area contributed by atoms with Gasteiger partial charge in [-0.2, -0.15) is 0 Å². The smallest absolute Gasteiger partial charge is 0.115 e. The van der Waals surface area contributed by atoms with Gasteiger partial charge >= 0.3 is 0 Å². The van der Waals surface area contributed by atoms with E-state index in [4.69, 9.17) is 10.7 Å². The molecule has 0 spiro atoms. The van der Waals surface area contributed by atoms with Crippen LogP contribution < -0.4 is 5.73 Å². The first-order valence-electron chi connectivity index (χ1n) is 14.8. The Morgan fingerprint density at radius 2 is 1.27 bits per heavy atom. The average molecular weight is 584 g/mol. The van der Waals surface area contributed by atoms with Crippen LogP contribution in [-0.2, 0) is 6.67 Å². The zero-order chi connectivity index (χ0) is 29.5. The highest BCUT2D eigenvalue weighted by atomic mass is 32.1. The Balaban J connectivity index is 1.36. The van der Waals surface area contributed by atoms with Gasteiger partial charge in [0.1, 0.15) is 6.67 Å². The van der Waals surface area contributed by atoms with Crippen LogP contribution in [0.1, 0.15) is 11.1 Å². The zero-order valence-corrected chi connectivity index (χ0v) is 24.8. The van der Waals surface area contributed by atoms with Crippen LogP contribution in [0, 0.1) is 0 Å². The van der Waals surface area contributed by atoms with E-state index in [2.05, 4.69) is 102 Å². The summed E-state index contributed by atoms with van der Waals surface area (Å²) in [5, 5.41) is 5.14. The van der Waals surface area contributed by atoms with Gasteiger partial charge in [0.2, 0.25) is 0 Å². The van der Waals surface area contributed by atoms with Gasteiger partial charge in [-0.1, -0.05) is 127 Å². The minimum atomic E-state index is 0.456. The summed E-state index contributed by atoms with van der Waals surface area (Å²) < 4.78 is 4.99. The highest BCUT2D eigenvalue weighted by molar-refractivity contribution is 7.26. The summed E-state index contributed by atoms with van der Waals surface area (Å²) in [7, 11) is 0. The van der Waals surface area contributed by atoms with Crippen LogP contribution in [0.4, 0.5) is 0 Å². The van der Waals surface area contributed by atoms with E-state index >= 15 is 0 Å². The predicted molar refractivity (Wildman–Crippen MR) is 189 cm³/mol. The summed E-state index contributed by atoms with van der Waals surface area (Å²) in [6, 6.07) is 51.1. The summed E-state index contributed by atoms with van der Waals surface area (Å²) in [6.07, 6.45) is 2.00. The molecular formula is C40H29N3S. The van der Waals surface area contributed by atoms with E-state index in [1.165, 1.54) is 53.1 Å². The molecule has 6 aromatic carbocycles. The van der Waals surface area contributed by atoms with Crippen molar-refractivity contribution in [3.05, 3.63) is 163 Å². The van der Waals surface area contributed by atoms with Crippen molar-refractivity contribution in [2.75, 3.05) is 0 Å². The van der Waals surface area contributed by atoms with Gasteiger partial charge in [-0.25, -0.2) is 0 Å². The molecule has 2 N–H and O–H groups in total. The monoisotopic (exact) mass is 583 g/mol. The molecule has 0 saturated heterocycles. The number of nitrogens with zero attached hydrogens (tertiary/aromatic N) is 2. The number of fused-ring (bicyclic) bond motifs is 7. The van der Waals surface area contributed by atoms with Crippen molar-refractivity contribution in [1.29, 1.82) is 0 Å². The maximum absolute atomic E-state index is 6.62. The minimum absolute atomic E-state index is 0.456. The second-order valence-corrected chi connectivity index (χ2v) is 12.0. The molecule has 0 aliphatic carbocycles. The van der Waals surface area contributed by atoms with Gasteiger partial charge in [-0.05, 0) is 46.5 Å². The molecule has 0 aliphatic rings. The van der Waals surface area contributed by atoms with E-state index in [0.29, 0.717) is 12.4 Å². The molecule has 2 aromatic heterocycles. The number of hydrogen-bond donors (Lipinski definition) is 1. The Morgan fingerprint density at radius 1 is 0.614 bits per heavy atom. The molecule has 8 aromatic rings. The average Bonchev–Trinajstić information content (AvgIpc) is 3.63. The molecule has 0 unspecified atom stereocenters. The SMILES string of the molecule is N/C(=C\C(=N/Cn1c2cc(-c3ccccc3)ccc2c2c3sc4ccccc4c3ccc21)c1ccccc1)c1ccccc1. The summed E-state index contributed by atoms with van der Waals surface area (Å²) >= 11 is 1.87. The van der Waals surface area contributed by atoms with Crippen LogP contribution in [0.3, 0.4) is 0 Å². The Kier molecular flexibility index (Phi) is 6.55. The Morgan fingerprint density at radius 3 is 2.05 bits per heavy atom. The third kappa shape index (κ3) is 4.57. The van der Waals surface area contributed by atoms with Crippen molar-refractivity contribution in [3.8, 4) is 11.1 Å². The van der Waals surface area contributed by atoms with Crippen LogP contribution >= 0.6 is 11.3 Å². The largest absolute Gasteiger partial charge is 0.398 e. The van der Waals surface area contributed by atoms with E-state index in [1.54, 1.807) is 0 Å². The second kappa shape index (κ2) is 11.0. The lowest BCUT2D eigenvalue weighted by molar-refractivity contribution is 0.794. The fourth-order valence-corrected chi connectivity index (χ4v) is 7.42. The summed E-state index contributed by atoms with van der Waals surface area (Å²) in [5.74, 6) is 0. The lowest BCUT2D eigenvalue weighted by Crippen LogP contribution is -2.06. The quantitative estimate of drug-likeness (QED) is 0.194. The van der Waals surface area contributed by atoms with Gasteiger partial charge in [-0.15, -0.1) is 11.3 Å². The first kappa shape index (κ1) is 26.2. The van der Waals surface area contributed by atoms with Gasteiger partial charge in [0, 0.05) is 36.6 Å². The molecule has 0 fully saturated rings. The van der Waals surface area contributed by atoms with Crippen molar-refractivity contribution in [2.45, 2.75) is 6.67 Å². The van der Waals surface area contributed by atoms with Gasteiger partial charge < -0.3 is 10.3 Å². The Hall–Kier alpha value is -5.45. The van der Waals surface area contributed by atoms with Crippen LogP contribution in [0.25, 0.3) is 58.8 Å². The van der Waals surface area contributed by atoms with Crippen molar-refractivity contribution in [1.82, 2.24) is 4.57 Å². The van der Waals surface area contributed by atoms with E-state index in [0.717, 1.165) is 16.8 Å². The lowest BCUT2D eigenvalue weighted by Gasteiger charge is -2.09. The zero-order valence-electron chi connectivity index (χ0n) is 24.0. The Bertz CT molecular complexity index is 2350. The van der Waals surface area contributed by atoms with E-state index in [1.807, 2.05) is 65.9 Å². The molecule has 3 nitrogen and oxygen atoms in total. The highest BCUT2D eigenvalue weighted by Gasteiger charge is 2.17. The van der Waals surface area contributed by atoms with Gasteiger partial charge in [0.05, 0.1) is 16.7 Å². The van der Waals surface area contributed by atoms with Crippen molar-refractivity contribution in [2.24, 2.45) is 10.7 Å². The molecule has 0 bridgehead atoms. The molecule has 4 heteroatoms. The molecule has 2 heterocycles. The minimum Gasteiger partial charge on any atom is -0.398 e. The molecule has 0 aliphatic heterocycles. The normalized spacial score (nSPS) is 12.5. The van der Waals surface area contributed by atoms with Gasteiger partial charge in [0.25, 0.3) is 0 Å². The van der Waals surface area contributed by atoms with E-state index < -0.39 is 0 Å². The standard InChI is InChI=1S/C40H29N3S/c41-34(28-14-6-2-7-15-28)25-35(29-16-8-3-9-17-29)42-26-43-36-23-22-32-31-18-10-11-19-38(31)44-40(32)39(36)33-21-20-30(24-37(33)43)27-12-4-1-5-13-27/h1-25H,26,41H2/b34-25-,42-35+. The lowest BCUT2D eigenvalue weighted by atomic mass is 10.0. The third-order valence-electron chi connectivity index (χ3n) is 8.33. The fourth-order valence-electron chi connectivity index (χ4n) is 6.16. The molecule has 0 radical (unpaired) electrons. The predicted octanol–water partition coefficient (Wildman–Crippen LogP) is 10.3. The summed E-state index contributed by atoms with van der Waals surface area (Å²) in [6.45, 7) is 0.456. The Labute approximate surface area is 259 Å². The number of aliphatic imine (C=N–C) groups is 1. The molecule has 0 amide bonds. The maximum Gasteiger partial charge on any atom is 0.115 e. The number of thiophene rings is 1. The first-order valence-corrected chi connectivity index (χ1v) is 15.6. The number of aromatic nitrogens is 1. The molecule has 44 heavy (non-hydrogen) atoms. The number of rotatable bonds is 6. The molecular weight excluding hydrogens is 555 g/mol. The van der Waals surface area contributed by atoms with Gasteiger partial charge in [-0.3, -0.25) is 4.99 Å². The molecule has 0 atom stereocenters. The van der Waals surface area contributed by atoms with Crippen molar-refractivity contribution >= 4 is 64.7 Å². The highest BCUT2D eigenvalue weighted by Crippen LogP contribution is 2.43. The summed E-state index contributed by atoms with van der Waals surface area (Å²) in [4.78, 5) is 5.25. The fraction of sp³-hybridized carbons (Fsp3) is 0.0250. The number of nitrogens with two attached hydrogens (primary N) is 1. The maximum atomic E-state index is 6.62. The topological polar surface area (TPSA) is 43.3 Å². The molecule has 8 rings (SSSR count). The van der Waals surface area contributed by atoms with Crippen LogP contribution in [0.15, 0.2) is 157 Å². The number of hydrogen-bond acceptors (Lipinski definition) is 3. The van der Waals surface area contributed by atoms with Crippen molar-refractivity contribution < 1.29 is 0 Å². The number of benzene rings is 6. The van der Waals surface area contributed by atoms with E-state index in [9.17, 15) is 0 Å². The third-order valence-corrected chi connectivity index (χ3v) is 9.54. The van der Waals surface area contributed by atoms with Gasteiger partial charge in [0.15, 0.2) is 0 Å². The number of allylic oxidation sites excluding steroid dienone is 1. The van der Waals surface area contributed by atoms with Crippen LogP contribution in [0.2, 0.25) is 0 Å². The second-order valence-electron chi connectivity index (χ2n) is 11.0.